The summed E-state index contributed by atoms with van der Waals surface area (Å²) >= 11 is 5.50. The number of hydrogen-bond acceptors (Lipinski definition) is 3. The van der Waals surface area contributed by atoms with Crippen molar-refractivity contribution in [1.29, 1.82) is 5.26 Å². The molecule has 1 rings (SSSR count). The van der Waals surface area contributed by atoms with Crippen LogP contribution < -0.4 is 5.73 Å². The van der Waals surface area contributed by atoms with E-state index in [1.54, 1.807) is 6.07 Å². The van der Waals surface area contributed by atoms with Gasteiger partial charge in [-0.1, -0.05) is 0 Å². The number of halogens is 3. The first-order valence-corrected chi connectivity index (χ1v) is 4.62. The highest BCUT2D eigenvalue weighted by Gasteiger charge is 2.20. The zero-order valence-electron chi connectivity index (χ0n) is 7.67. The summed E-state index contributed by atoms with van der Waals surface area (Å²) in [4.78, 5) is 3.72. The number of nitrogen functional groups attached to an aromatic ring is 1. The Labute approximate surface area is 90.5 Å². The first-order chi connectivity index (χ1) is 7.11. The maximum absolute atomic E-state index is 12.7. The Kier molecular flexibility index (Phi) is 3.81. The number of nitrogens with two attached hydrogens (primary N) is 1. The molecule has 3 nitrogen and oxygen atoms in total. The van der Waals surface area contributed by atoms with E-state index in [1.807, 2.05) is 0 Å². The lowest BCUT2D eigenvalue weighted by Gasteiger charge is -2.12. The zero-order chi connectivity index (χ0) is 11.4. The van der Waals surface area contributed by atoms with Crippen molar-refractivity contribution in [2.45, 2.75) is 18.7 Å². The lowest BCUT2D eigenvalue weighted by molar-refractivity contribution is 0.149. The first-order valence-electron chi connectivity index (χ1n) is 4.09. The molecular weight excluding hydrogens is 224 g/mol. The van der Waals surface area contributed by atoms with Crippen molar-refractivity contribution >= 4 is 17.4 Å². The van der Waals surface area contributed by atoms with Crippen molar-refractivity contribution < 1.29 is 8.78 Å². The lowest BCUT2D eigenvalue weighted by atomic mass is 10.0. The molecule has 0 saturated heterocycles. The second kappa shape index (κ2) is 4.89. The highest BCUT2D eigenvalue weighted by Crippen LogP contribution is 2.30. The number of nitrogens with zero attached hydrogens (tertiary/aromatic N) is 2. The largest absolute Gasteiger partial charge is 0.383 e. The second-order valence-electron chi connectivity index (χ2n) is 2.83. The summed E-state index contributed by atoms with van der Waals surface area (Å²) in [5.41, 5.74) is 5.45. The number of nitriles is 1. The van der Waals surface area contributed by atoms with Gasteiger partial charge >= 0.3 is 0 Å². The number of pyridine rings is 1. The molecule has 0 aliphatic carbocycles. The quantitative estimate of drug-likeness (QED) is 0.813. The van der Waals surface area contributed by atoms with Crippen molar-refractivity contribution in [3.8, 4) is 6.07 Å². The SMILES string of the molecule is N#CCc1c(N)ncc(CCl)c1C(F)F. The average Bonchev–Trinajstić information content (AvgIpc) is 2.20. The highest BCUT2D eigenvalue weighted by molar-refractivity contribution is 6.17. The Hall–Kier alpha value is -1.41. The van der Waals surface area contributed by atoms with Gasteiger partial charge in [0.25, 0.3) is 6.43 Å². The fourth-order valence-electron chi connectivity index (χ4n) is 1.27. The third kappa shape index (κ3) is 2.34. The van der Waals surface area contributed by atoms with Crippen LogP contribution >= 0.6 is 11.6 Å². The second-order valence-corrected chi connectivity index (χ2v) is 3.10. The van der Waals surface area contributed by atoms with Crippen LogP contribution in [0.5, 0.6) is 0 Å². The molecule has 2 N–H and O–H groups in total. The van der Waals surface area contributed by atoms with Gasteiger partial charge in [0.15, 0.2) is 0 Å². The summed E-state index contributed by atoms with van der Waals surface area (Å²) in [6.07, 6.45) is -1.68. The Morgan fingerprint density at radius 3 is 2.73 bits per heavy atom. The Morgan fingerprint density at radius 2 is 2.27 bits per heavy atom. The molecular formula is C9H8ClF2N3. The van der Waals surface area contributed by atoms with E-state index in [9.17, 15) is 8.78 Å². The molecule has 0 saturated carbocycles. The minimum absolute atomic E-state index is 0.0410. The van der Waals surface area contributed by atoms with Gasteiger partial charge in [0.2, 0.25) is 0 Å². The number of rotatable bonds is 3. The van der Waals surface area contributed by atoms with Crippen LogP contribution in [0.2, 0.25) is 0 Å². The molecule has 0 bridgehead atoms. The Morgan fingerprint density at radius 1 is 1.60 bits per heavy atom. The molecule has 6 heteroatoms. The normalized spacial score (nSPS) is 10.3. The van der Waals surface area contributed by atoms with Crippen molar-refractivity contribution in [2.24, 2.45) is 0 Å². The fraction of sp³-hybridized carbons (Fsp3) is 0.333. The number of aromatic nitrogens is 1. The van der Waals surface area contributed by atoms with Gasteiger partial charge in [0.05, 0.1) is 12.5 Å². The van der Waals surface area contributed by atoms with Gasteiger partial charge in [-0.2, -0.15) is 5.26 Å². The van der Waals surface area contributed by atoms with E-state index in [1.165, 1.54) is 6.20 Å². The molecule has 0 fully saturated rings. The van der Waals surface area contributed by atoms with Crippen LogP contribution in [0.15, 0.2) is 6.20 Å². The summed E-state index contributed by atoms with van der Waals surface area (Å²) in [7, 11) is 0. The maximum Gasteiger partial charge on any atom is 0.264 e. The van der Waals surface area contributed by atoms with Crippen LogP contribution in [0.1, 0.15) is 23.1 Å². The summed E-state index contributed by atoms with van der Waals surface area (Å²) in [6, 6.07) is 1.77. The number of hydrogen-bond donors (Lipinski definition) is 1. The van der Waals surface area contributed by atoms with Gasteiger partial charge in [0.1, 0.15) is 5.82 Å². The van der Waals surface area contributed by atoms with Crippen LogP contribution in [0, 0.1) is 11.3 Å². The minimum Gasteiger partial charge on any atom is -0.383 e. The molecule has 0 spiro atoms. The van der Waals surface area contributed by atoms with E-state index in [4.69, 9.17) is 22.6 Å². The highest BCUT2D eigenvalue weighted by atomic mass is 35.5. The van der Waals surface area contributed by atoms with Crippen LogP contribution in [0.3, 0.4) is 0 Å². The molecule has 1 aromatic rings. The van der Waals surface area contributed by atoms with Crippen molar-refractivity contribution in [3.63, 3.8) is 0 Å². The third-order valence-electron chi connectivity index (χ3n) is 1.96. The average molecular weight is 232 g/mol. The van der Waals surface area contributed by atoms with E-state index in [-0.39, 0.29) is 34.8 Å². The molecule has 0 atom stereocenters. The molecule has 0 radical (unpaired) electrons. The van der Waals surface area contributed by atoms with Gasteiger partial charge in [0, 0.05) is 23.2 Å². The first kappa shape index (κ1) is 11.7. The molecule has 0 aliphatic rings. The van der Waals surface area contributed by atoms with E-state index >= 15 is 0 Å². The Bertz CT molecular complexity index is 401. The summed E-state index contributed by atoms with van der Waals surface area (Å²) < 4.78 is 25.5. The molecule has 0 unspecified atom stereocenters. The van der Waals surface area contributed by atoms with Crippen LogP contribution in [0.4, 0.5) is 14.6 Å². The Balaban J connectivity index is 3.38. The zero-order valence-corrected chi connectivity index (χ0v) is 8.43. The van der Waals surface area contributed by atoms with Crippen LogP contribution in [0.25, 0.3) is 0 Å². The monoisotopic (exact) mass is 231 g/mol. The smallest absolute Gasteiger partial charge is 0.264 e. The topological polar surface area (TPSA) is 62.7 Å². The summed E-state index contributed by atoms with van der Waals surface area (Å²) in [5.74, 6) is -0.119. The van der Waals surface area contributed by atoms with E-state index in [0.29, 0.717) is 0 Å². The number of alkyl halides is 3. The summed E-state index contributed by atoms with van der Waals surface area (Å²) in [5, 5.41) is 8.50. The van der Waals surface area contributed by atoms with Crippen molar-refractivity contribution in [2.75, 3.05) is 5.73 Å². The molecule has 15 heavy (non-hydrogen) atoms. The standard InChI is InChI=1S/C9H8ClF2N3/c10-3-5-4-15-9(14)6(1-2-13)7(5)8(11)12/h4,8H,1,3H2,(H2,14,15). The number of anilines is 1. The molecule has 80 valence electrons. The summed E-state index contributed by atoms with van der Waals surface area (Å²) in [6.45, 7) is 0. The fourth-order valence-corrected chi connectivity index (χ4v) is 1.48. The molecule has 1 aromatic heterocycles. The third-order valence-corrected chi connectivity index (χ3v) is 2.25. The maximum atomic E-state index is 12.7. The predicted molar refractivity (Wildman–Crippen MR) is 52.5 cm³/mol. The molecule has 0 aliphatic heterocycles. The molecule has 0 aromatic carbocycles. The van der Waals surface area contributed by atoms with E-state index in [0.717, 1.165) is 0 Å². The van der Waals surface area contributed by atoms with Gasteiger partial charge in [-0.25, -0.2) is 13.8 Å². The van der Waals surface area contributed by atoms with Gasteiger partial charge < -0.3 is 5.73 Å². The van der Waals surface area contributed by atoms with Crippen LogP contribution in [-0.4, -0.2) is 4.98 Å². The molecule has 0 amide bonds. The predicted octanol–water partition coefficient (Wildman–Crippen LogP) is 2.41. The van der Waals surface area contributed by atoms with Gasteiger partial charge in [-0.05, 0) is 5.56 Å². The lowest BCUT2D eigenvalue weighted by Crippen LogP contribution is -2.06. The van der Waals surface area contributed by atoms with Crippen molar-refractivity contribution in [1.82, 2.24) is 4.98 Å². The van der Waals surface area contributed by atoms with Gasteiger partial charge in [-0.15, -0.1) is 11.6 Å². The minimum atomic E-state index is -2.70. The van der Waals surface area contributed by atoms with Crippen molar-refractivity contribution in [3.05, 3.63) is 22.9 Å². The van der Waals surface area contributed by atoms with Gasteiger partial charge in [-0.3, -0.25) is 0 Å². The van der Waals surface area contributed by atoms with Crippen LogP contribution in [-0.2, 0) is 12.3 Å². The molecule has 1 heterocycles. The van der Waals surface area contributed by atoms with E-state index in [2.05, 4.69) is 4.98 Å². The van der Waals surface area contributed by atoms with E-state index < -0.39 is 6.43 Å².